The summed E-state index contributed by atoms with van der Waals surface area (Å²) in [6.07, 6.45) is 1.39. The van der Waals surface area contributed by atoms with E-state index in [1.807, 2.05) is 10.6 Å². The van der Waals surface area contributed by atoms with Gasteiger partial charge in [-0.15, -0.1) is 0 Å². The predicted octanol–water partition coefficient (Wildman–Crippen LogP) is 4.19. The van der Waals surface area contributed by atoms with Crippen molar-refractivity contribution in [3.05, 3.63) is 72.2 Å². The summed E-state index contributed by atoms with van der Waals surface area (Å²) < 4.78 is 56.3. The molecule has 0 saturated heterocycles. The number of halogens is 2. The molecule has 0 unspecified atom stereocenters. The van der Waals surface area contributed by atoms with E-state index in [9.17, 15) is 27.1 Å². The molecule has 12 heteroatoms. The minimum atomic E-state index is -3.45. The van der Waals surface area contributed by atoms with Gasteiger partial charge in [-0.25, -0.2) is 23.2 Å². The van der Waals surface area contributed by atoms with Gasteiger partial charge in [0.1, 0.15) is 11.6 Å². The van der Waals surface area contributed by atoms with Crippen LogP contribution in [0.15, 0.2) is 65.8 Å². The van der Waals surface area contributed by atoms with Gasteiger partial charge in [-0.05, 0) is 35.9 Å². The van der Waals surface area contributed by atoms with Gasteiger partial charge in [0.25, 0.3) is 0 Å². The van der Waals surface area contributed by atoms with Gasteiger partial charge < -0.3 is 14.4 Å². The molecule has 36 heavy (non-hydrogen) atoms. The van der Waals surface area contributed by atoms with Crippen molar-refractivity contribution in [2.24, 2.45) is 0 Å². The number of ether oxygens (including phenoxy) is 1. The number of pyridine rings is 1. The Morgan fingerprint density at radius 3 is 2.56 bits per heavy atom. The number of carboxylic acid groups (broad SMARTS) is 1. The van der Waals surface area contributed by atoms with Gasteiger partial charge in [0.2, 0.25) is 0 Å². The van der Waals surface area contributed by atoms with Crippen molar-refractivity contribution >= 4 is 27.0 Å². The van der Waals surface area contributed by atoms with Crippen LogP contribution in [0.4, 0.5) is 13.6 Å². The Balaban J connectivity index is 1.66. The second kappa shape index (κ2) is 8.86. The first-order valence-electron chi connectivity index (χ1n) is 10.8. The van der Waals surface area contributed by atoms with Crippen molar-refractivity contribution in [2.45, 2.75) is 24.2 Å². The Kier molecular flexibility index (Phi) is 5.83. The maximum atomic E-state index is 13.1. The van der Waals surface area contributed by atoms with Crippen molar-refractivity contribution in [3.8, 4) is 16.9 Å². The van der Waals surface area contributed by atoms with Gasteiger partial charge in [0, 0.05) is 30.1 Å². The van der Waals surface area contributed by atoms with E-state index in [-0.39, 0.29) is 23.9 Å². The lowest BCUT2D eigenvalue weighted by Gasteiger charge is -2.34. The first-order chi connectivity index (χ1) is 17.1. The topological polar surface area (TPSA) is 115 Å². The molecule has 2 aromatic heterocycles. The molecule has 0 aliphatic carbocycles. The zero-order valence-electron chi connectivity index (χ0n) is 18.9. The lowest BCUT2D eigenvalue weighted by molar-refractivity contribution is -0.0508. The summed E-state index contributed by atoms with van der Waals surface area (Å²) in [5.74, 6) is 0.410. The molecule has 4 aromatic rings. The summed E-state index contributed by atoms with van der Waals surface area (Å²) in [4.78, 5) is 21.7. The highest BCUT2D eigenvalue weighted by Crippen LogP contribution is 2.37. The predicted molar refractivity (Wildman–Crippen MR) is 126 cm³/mol. The molecule has 186 valence electrons. The van der Waals surface area contributed by atoms with Crippen LogP contribution in [0.1, 0.15) is 17.4 Å². The van der Waals surface area contributed by atoms with Crippen molar-refractivity contribution in [1.82, 2.24) is 19.4 Å². The number of para-hydroxylation sites is 1. The van der Waals surface area contributed by atoms with Crippen LogP contribution in [0.25, 0.3) is 22.2 Å². The average molecular weight is 515 g/mol. The van der Waals surface area contributed by atoms with Crippen LogP contribution in [0.3, 0.4) is 0 Å². The van der Waals surface area contributed by atoms with E-state index in [4.69, 9.17) is 4.74 Å². The SMILES string of the molecule is CS(=O)(=O)c1ccc(-c2ccc3nc4n(c3c2)[C@@H](c2ccccc2OC(F)F)CN(C(=O)O)C4)cn1. The quantitative estimate of drug-likeness (QED) is 0.425. The van der Waals surface area contributed by atoms with Crippen LogP contribution < -0.4 is 4.74 Å². The third-order valence-corrected chi connectivity index (χ3v) is 7.02. The summed E-state index contributed by atoms with van der Waals surface area (Å²) in [7, 11) is -3.45. The highest BCUT2D eigenvalue weighted by molar-refractivity contribution is 7.90. The third kappa shape index (κ3) is 4.35. The van der Waals surface area contributed by atoms with Crippen molar-refractivity contribution < 1.29 is 31.8 Å². The maximum absolute atomic E-state index is 13.1. The van der Waals surface area contributed by atoms with E-state index in [0.717, 1.165) is 11.8 Å². The lowest BCUT2D eigenvalue weighted by Crippen LogP contribution is -2.41. The number of carbonyl (C=O) groups is 1. The Morgan fingerprint density at radius 2 is 1.89 bits per heavy atom. The molecule has 0 saturated carbocycles. The Morgan fingerprint density at radius 1 is 1.14 bits per heavy atom. The number of sulfone groups is 1. The highest BCUT2D eigenvalue weighted by Gasteiger charge is 2.33. The lowest BCUT2D eigenvalue weighted by atomic mass is 10.0. The average Bonchev–Trinajstić information content (AvgIpc) is 3.21. The number of alkyl halides is 2. The van der Waals surface area contributed by atoms with Gasteiger partial charge in [0.15, 0.2) is 14.9 Å². The smallest absolute Gasteiger partial charge is 0.407 e. The van der Waals surface area contributed by atoms with Crippen LogP contribution in [-0.4, -0.2) is 58.5 Å². The normalized spacial score (nSPS) is 15.8. The number of imidazole rings is 1. The van der Waals surface area contributed by atoms with Gasteiger partial charge in [-0.1, -0.05) is 24.3 Å². The Hall–Kier alpha value is -4.06. The Bertz CT molecular complexity index is 1570. The summed E-state index contributed by atoms with van der Waals surface area (Å²) in [5, 5.41) is 9.64. The van der Waals surface area contributed by atoms with E-state index < -0.39 is 28.6 Å². The molecule has 0 radical (unpaired) electrons. The number of aromatic nitrogens is 3. The number of nitrogens with zero attached hydrogens (tertiary/aromatic N) is 4. The molecular formula is C24H20F2N4O5S. The highest BCUT2D eigenvalue weighted by atomic mass is 32.2. The number of amides is 1. The van der Waals surface area contributed by atoms with Crippen molar-refractivity contribution in [2.75, 3.05) is 12.8 Å². The van der Waals surface area contributed by atoms with Crippen molar-refractivity contribution in [3.63, 3.8) is 0 Å². The van der Waals surface area contributed by atoms with Crippen molar-refractivity contribution in [1.29, 1.82) is 0 Å². The molecule has 5 rings (SSSR count). The molecule has 1 N–H and O–H groups in total. The minimum absolute atomic E-state index is 0.00619. The van der Waals surface area contributed by atoms with Gasteiger partial charge in [-0.2, -0.15) is 8.78 Å². The van der Waals surface area contributed by atoms with E-state index in [1.165, 1.54) is 23.2 Å². The van der Waals surface area contributed by atoms with E-state index in [1.54, 1.807) is 36.4 Å². The molecule has 1 atom stereocenters. The number of hydrogen-bond acceptors (Lipinski definition) is 6. The fourth-order valence-electron chi connectivity index (χ4n) is 4.42. The first-order valence-corrected chi connectivity index (χ1v) is 12.7. The van der Waals surface area contributed by atoms with E-state index in [0.29, 0.717) is 28.0 Å². The third-order valence-electron chi connectivity index (χ3n) is 6.01. The molecule has 0 bridgehead atoms. The van der Waals surface area contributed by atoms with Crippen LogP contribution in [0.5, 0.6) is 5.75 Å². The molecule has 1 aliphatic rings. The van der Waals surface area contributed by atoms with Gasteiger partial charge in [0.05, 0.1) is 23.6 Å². The van der Waals surface area contributed by atoms with E-state index >= 15 is 0 Å². The Labute approximate surface area is 204 Å². The van der Waals surface area contributed by atoms with Gasteiger partial charge in [-0.3, -0.25) is 4.90 Å². The summed E-state index contributed by atoms with van der Waals surface area (Å²) in [6.45, 7) is -3.01. The van der Waals surface area contributed by atoms with Crippen LogP contribution >= 0.6 is 0 Å². The molecule has 0 spiro atoms. The molecule has 3 heterocycles. The molecule has 9 nitrogen and oxygen atoms in total. The molecule has 0 fully saturated rings. The summed E-state index contributed by atoms with van der Waals surface area (Å²) in [5.41, 5.74) is 3.06. The van der Waals surface area contributed by atoms with Gasteiger partial charge >= 0.3 is 12.7 Å². The minimum Gasteiger partial charge on any atom is -0.465 e. The maximum Gasteiger partial charge on any atom is 0.407 e. The number of fused-ring (bicyclic) bond motifs is 3. The fourth-order valence-corrected chi connectivity index (χ4v) is 4.98. The van der Waals surface area contributed by atoms with Crippen LogP contribution in [-0.2, 0) is 16.4 Å². The first kappa shape index (κ1) is 23.7. The second-order valence-corrected chi connectivity index (χ2v) is 10.3. The zero-order chi connectivity index (χ0) is 25.6. The number of rotatable bonds is 5. The number of benzene rings is 2. The summed E-state index contributed by atoms with van der Waals surface area (Å²) in [6, 6.07) is 14.1. The largest absolute Gasteiger partial charge is 0.465 e. The summed E-state index contributed by atoms with van der Waals surface area (Å²) >= 11 is 0. The molecule has 1 amide bonds. The molecule has 1 aliphatic heterocycles. The molecule has 2 aromatic carbocycles. The second-order valence-electron chi connectivity index (χ2n) is 8.35. The standard InChI is InChI=1S/C24H20F2N4O5S/c1-36(33,34)22-9-7-15(11-27-22)14-6-8-17-18(10-14)30-19(12-29(24(31)32)13-21(30)28-17)16-4-2-3-5-20(16)35-23(25)26/h2-11,19,23H,12-13H2,1H3,(H,31,32)/t19-/m1/s1. The van der Waals surface area contributed by atoms with Crippen LogP contribution in [0.2, 0.25) is 0 Å². The van der Waals surface area contributed by atoms with Crippen LogP contribution in [0, 0.1) is 0 Å². The zero-order valence-corrected chi connectivity index (χ0v) is 19.7. The number of hydrogen-bond donors (Lipinski definition) is 1. The molecular weight excluding hydrogens is 494 g/mol. The monoisotopic (exact) mass is 514 g/mol. The van der Waals surface area contributed by atoms with E-state index in [2.05, 4.69) is 9.97 Å². The fraction of sp³-hybridized carbons (Fsp3) is 0.208.